The van der Waals surface area contributed by atoms with Crippen LogP contribution in [0.5, 0.6) is 0 Å². The molecule has 1 aromatic rings. The van der Waals surface area contributed by atoms with Gasteiger partial charge in [-0.25, -0.2) is 5.43 Å². The first-order valence-corrected chi connectivity index (χ1v) is 8.85. The molecule has 1 amide bonds. The first-order valence-electron chi connectivity index (χ1n) is 7.97. The van der Waals surface area contributed by atoms with E-state index in [0.717, 1.165) is 23.1 Å². The molecule has 2 aliphatic rings. The highest BCUT2D eigenvalue weighted by Gasteiger charge is 2.40. The fourth-order valence-corrected chi connectivity index (χ4v) is 4.72. The summed E-state index contributed by atoms with van der Waals surface area (Å²) in [6.07, 6.45) is 5.38. The number of amides is 1. The van der Waals surface area contributed by atoms with Gasteiger partial charge in [0.15, 0.2) is 0 Å². The quantitative estimate of drug-likeness (QED) is 0.649. The Bertz CT molecular complexity index is 561. The summed E-state index contributed by atoms with van der Waals surface area (Å²) in [5, 5.41) is 6.30. The molecule has 1 aromatic heterocycles. The monoisotopic (exact) mass is 304 g/mol. The zero-order valence-electron chi connectivity index (χ0n) is 13.1. The summed E-state index contributed by atoms with van der Waals surface area (Å²) in [6.45, 7) is 6.36. The van der Waals surface area contributed by atoms with Crippen LogP contribution in [0.1, 0.15) is 67.6 Å². The van der Waals surface area contributed by atoms with Crippen molar-refractivity contribution in [3.8, 4) is 0 Å². The molecule has 0 radical (unpaired) electrons. The van der Waals surface area contributed by atoms with Gasteiger partial charge in [0.25, 0.3) is 5.91 Å². The molecule has 0 saturated heterocycles. The third kappa shape index (κ3) is 3.05. The number of thiophene rings is 1. The maximum absolute atomic E-state index is 12.1. The Morgan fingerprint density at radius 3 is 2.76 bits per heavy atom. The Morgan fingerprint density at radius 2 is 2.19 bits per heavy atom. The lowest BCUT2D eigenvalue weighted by molar-refractivity contribution is 0.0955. The van der Waals surface area contributed by atoms with Crippen LogP contribution in [0.25, 0.3) is 0 Å². The van der Waals surface area contributed by atoms with Crippen molar-refractivity contribution in [1.29, 1.82) is 0 Å². The van der Waals surface area contributed by atoms with E-state index in [0.29, 0.717) is 11.8 Å². The second-order valence-electron chi connectivity index (χ2n) is 6.87. The SMILES string of the molecule is C/C(=N/NC(=O)c1csc(C(C)C)c1)[C@@H]1C[C@H]2CC[C@H]1C2. The smallest absolute Gasteiger partial charge is 0.267 e. The largest absolute Gasteiger partial charge is 0.272 e. The van der Waals surface area contributed by atoms with Gasteiger partial charge in [0, 0.05) is 21.9 Å². The zero-order valence-corrected chi connectivity index (χ0v) is 13.9. The van der Waals surface area contributed by atoms with Crippen molar-refractivity contribution in [2.45, 2.75) is 52.4 Å². The number of hydrogen-bond donors (Lipinski definition) is 1. The summed E-state index contributed by atoms with van der Waals surface area (Å²) >= 11 is 1.65. The molecule has 114 valence electrons. The van der Waals surface area contributed by atoms with Gasteiger partial charge >= 0.3 is 0 Å². The second kappa shape index (κ2) is 5.91. The van der Waals surface area contributed by atoms with Crippen molar-refractivity contribution in [1.82, 2.24) is 5.43 Å². The first kappa shape index (κ1) is 14.8. The summed E-state index contributed by atoms with van der Waals surface area (Å²) < 4.78 is 0. The fraction of sp³-hybridized carbons (Fsp3) is 0.647. The molecule has 4 heteroatoms. The molecule has 0 spiro atoms. The minimum absolute atomic E-state index is 0.0827. The molecule has 0 aliphatic heterocycles. The Labute approximate surface area is 130 Å². The van der Waals surface area contributed by atoms with Gasteiger partial charge in [0.05, 0.1) is 5.56 Å². The van der Waals surface area contributed by atoms with Crippen LogP contribution in [0, 0.1) is 17.8 Å². The van der Waals surface area contributed by atoms with Crippen molar-refractivity contribution < 1.29 is 4.79 Å². The van der Waals surface area contributed by atoms with Gasteiger partial charge in [-0.1, -0.05) is 20.3 Å². The zero-order chi connectivity index (χ0) is 15.0. The summed E-state index contributed by atoms with van der Waals surface area (Å²) in [7, 11) is 0. The third-order valence-corrected chi connectivity index (χ3v) is 6.29. The lowest BCUT2D eigenvalue weighted by Crippen LogP contribution is -2.24. The van der Waals surface area contributed by atoms with Gasteiger partial charge in [-0.2, -0.15) is 5.10 Å². The van der Waals surface area contributed by atoms with E-state index in [1.165, 1.54) is 30.6 Å². The molecular formula is C17H24N2OS. The van der Waals surface area contributed by atoms with E-state index in [-0.39, 0.29) is 5.91 Å². The summed E-state index contributed by atoms with van der Waals surface area (Å²) in [6, 6.07) is 1.98. The van der Waals surface area contributed by atoms with Crippen molar-refractivity contribution in [3.05, 3.63) is 21.9 Å². The van der Waals surface area contributed by atoms with Crippen LogP contribution in [0.4, 0.5) is 0 Å². The molecule has 2 fully saturated rings. The number of nitrogens with zero attached hydrogens (tertiary/aromatic N) is 1. The second-order valence-corrected chi connectivity index (χ2v) is 7.81. The Balaban J connectivity index is 1.60. The van der Waals surface area contributed by atoms with Crippen LogP contribution in [0.2, 0.25) is 0 Å². The molecule has 2 saturated carbocycles. The van der Waals surface area contributed by atoms with Crippen LogP contribution in [0.15, 0.2) is 16.5 Å². The number of hydrogen-bond acceptors (Lipinski definition) is 3. The van der Waals surface area contributed by atoms with E-state index < -0.39 is 0 Å². The maximum atomic E-state index is 12.1. The van der Waals surface area contributed by atoms with Crippen LogP contribution >= 0.6 is 11.3 Å². The van der Waals surface area contributed by atoms with E-state index in [2.05, 4.69) is 31.3 Å². The molecule has 0 aromatic carbocycles. The summed E-state index contributed by atoms with van der Waals surface area (Å²) in [5.74, 6) is 2.70. The number of fused-ring (bicyclic) bond motifs is 2. The number of carbonyl (C=O) groups excluding carboxylic acids is 1. The van der Waals surface area contributed by atoms with Crippen molar-refractivity contribution in [2.24, 2.45) is 22.9 Å². The number of nitrogens with one attached hydrogen (secondary N) is 1. The molecule has 3 atom stereocenters. The topological polar surface area (TPSA) is 41.5 Å². The van der Waals surface area contributed by atoms with Gasteiger partial charge in [-0.3, -0.25) is 4.79 Å². The number of carbonyl (C=O) groups is 1. The molecule has 1 heterocycles. The Morgan fingerprint density at radius 1 is 1.38 bits per heavy atom. The molecule has 21 heavy (non-hydrogen) atoms. The van der Waals surface area contributed by atoms with Crippen molar-refractivity contribution >= 4 is 23.0 Å². The molecule has 2 bridgehead atoms. The minimum atomic E-state index is -0.0827. The predicted octanol–water partition coefficient (Wildman–Crippen LogP) is 4.41. The molecule has 0 unspecified atom stereocenters. The van der Waals surface area contributed by atoms with E-state index in [4.69, 9.17) is 0 Å². The highest BCUT2D eigenvalue weighted by Crippen LogP contribution is 2.48. The van der Waals surface area contributed by atoms with Gasteiger partial charge in [0.2, 0.25) is 0 Å². The van der Waals surface area contributed by atoms with Gasteiger partial charge in [-0.05, 0) is 50.0 Å². The van der Waals surface area contributed by atoms with E-state index in [9.17, 15) is 4.79 Å². The van der Waals surface area contributed by atoms with Gasteiger partial charge < -0.3 is 0 Å². The molecule has 1 N–H and O–H groups in total. The highest BCUT2D eigenvalue weighted by molar-refractivity contribution is 7.10. The van der Waals surface area contributed by atoms with E-state index >= 15 is 0 Å². The number of rotatable bonds is 4. The average Bonchev–Trinajstić information content (AvgIpc) is 3.18. The molecular weight excluding hydrogens is 280 g/mol. The Hall–Kier alpha value is -1.16. The lowest BCUT2D eigenvalue weighted by atomic mass is 9.86. The third-order valence-electron chi connectivity index (χ3n) is 5.06. The van der Waals surface area contributed by atoms with Crippen molar-refractivity contribution in [3.63, 3.8) is 0 Å². The molecule has 3 rings (SSSR count). The Kier molecular flexibility index (Phi) is 4.16. The van der Waals surface area contributed by atoms with Crippen LogP contribution in [-0.2, 0) is 0 Å². The standard InChI is InChI=1S/C17H24N2OS/c1-10(2)16-8-14(9-21-16)17(20)19-18-11(3)15-7-12-4-5-13(15)6-12/h8-10,12-13,15H,4-7H2,1-3H3,(H,19,20)/b18-11-/t12-,13-,15-/m0/s1. The van der Waals surface area contributed by atoms with Gasteiger partial charge in [-0.15, -0.1) is 11.3 Å². The molecule has 3 nitrogen and oxygen atoms in total. The van der Waals surface area contributed by atoms with E-state index in [1.54, 1.807) is 11.3 Å². The highest BCUT2D eigenvalue weighted by atomic mass is 32.1. The van der Waals surface area contributed by atoms with Crippen LogP contribution in [0.3, 0.4) is 0 Å². The van der Waals surface area contributed by atoms with Crippen molar-refractivity contribution in [2.75, 3.05) is 0 Å². The van der Waals surface area contributed by atoms with Crippen LogP contribution in [-0.4, -0.2) is 11.6 Å². The molecule has 2 aliphatic carbocycles. The normalized spacial score (nSPS) is 28.4. The number of hydrazone groups is 1. The average molecular weight is 304 g/mol. The van der Waals surface area contributed by atoms with Gasteiger partial charge in [0.1, 0.15) is 0 Å². The maximum Gasteiger partial charge on any atom is 0.272 e. The summed E-state index contributed by atoms with van der Waals surface area (Å²) in [4.78, 5) is 13.4. The minimum Gasteiger partial charge on any atom is -0.267 e. The predicted molar refractivity (Wildman–Crippen MR) is 87.9 cm³/mol. The fourth-order valence-electron chi connectivity index (χ4n) is 3.82. The van der Waals surface area contributed by atoms with E-state index in [1.807, 2.05) is 11.4 Å². The summed E-state index contributed by atoms with van der Waals surface area (Å²) in [5.41, 5.74) is 4.58. The van der Waals surface area contributed by atoms with Crippen LogP contribution < -0.4 is 5.43 Å². The lowest BCUT2D eigenvalue weighted by Gasteiger charge is -2.21. The first-order chi connectivity index (χ1) is 10.0.